The van der Waals surface area contributed by atoms with Crippen molar-refractivity contribution < 1.29 is 5.11 Å². The van der Waals surface area contributed by atoms with Crippen LogP contribution in [0.2, 0.25) is 0 Å². The standard InChI is InChI=1S/C15H16BrNO/c1-10-14(16)4-3-5-15(10)17-11(2)12-6-8-13(18)9-7-12/h3-9,11,17-18H,1-2H3. The Morgan fingerprint density at radius 3 is 2.44 bits per heavy atom. The maximum atomic E-state index is 9.28. The number of aromatic hydroxyl groups is 1. The van der Waals surface area contributed by atoms with Gasteiger partial charge in [-0.25, -0.2) is 0 Å². The van der Waals surface area contributed by atoms with Gasteiger partial charge < -0.3 is 10.4 Å². The Morgan fingerprint density at radius 1 is 1.11 bits per heavy atom. The summed E-state index contributed by atoms with van der Waals surface area (Å²) in [5.41, 5.74) is 3.46. The molecule has 0 saturated heterocycles. The molecule has 0 radical (unpaired) electrons. The number of benzene rings is 2. The number of phenolic OH excluding ortho intramolecular Hbond substituents is 1. The number of nitrogens with one attached hydrogen (secondary N) is 1. The van der Waals surface area contributed by atoms with E-state index < -0.39 is 0 Å². The molecule has 2 nitrogen and oxygen atoms in total. The van der Waals surface area contributed by atoms with Crippen molar-refractivity contribution in [1.29, 1.82) is 0 Å². The second kappa shape index (κ2) is 5.44. The lowest BCUT2D eigenvalue weighted by atomic mass is 10.1. The van der Waals surface area contributed by atoms with E-state index in [2.05, 4.69) is 41.2 Å². The van der Waals surface area contributed by atoms with Crippen LogP contribution in [0.1, 0.15) is 24.1 Å². The highest BCUT2D eigenvalue weighted by Crippen LogP contribution is 2.27. The van der Waals surface area contributed by atoms with E-state index in [-0.39, 0.29) is 6.04 Å². The fraction of sp³-hybridized carbons (Fsp3) is 0.200. The van der Waals surface area contributed by atoms with Crippen LogP contribution in [0.5, 0.6) is 5.75 Å². The highest BCUT2D eigenvalue weighted by molar-refractivity contribution is 9.10. The molecule has 0 heterocycles. The van der Waals surface area contributed by atoms with Crippen molar-refractivity contribution in [2.45, 2.75) is 19.9 Å². The summed E-state index contributed by atoms with van der Waals surface area (Å²) in [5, 5.41) is 12.8. The zero-order valence-corrected chi connectivity index (χ0v) is 12.0. The molecule has 0 aliphatic carbocycles. The van der Waals surface area contributed by atoms with E-state index >= 15 is 0 Å². The molecule has 18 heavy (non-hydrogen) atoms. The lowest BCUT2D eigenvalue weighted by Crippen LogP contribution is -2.07. The first kappa shape index (κ1) is 13.0. The molecule has 3 heteroatoms. The minimum absolute atomic E-state index is 0.193. The average Bonchev–Trinajstić information content (AvgIpc) is 2.36. The summed E-state index contributed by atoms with van der Waals surface area (Å²) in [7, 11) is 0. The lowest BCUT2D eigenvalue weighted by Gasteiger charge is -2.18. The van der Waals surface area contributed by atoms with Crippen LogP contribution in [-0.2, 0) is 0 Å². The molecule has 1 unspecified atom stereocenters. The molecule has 0 aromatic heterocycles. The number of anilines is 1. The molecule has 0 saturated carbocycles. The van der Waals surface area contributed by atoms with Crippen molar-refractivity contribution in [3.63, 3.8) is 0 Å². The minimum atomic E-state index is 0.193. The summed E-state index contributed by atoms with van der Waals surface area (Å²) >= 11 is 3.53. The molecule has 0 aliphatic heterocycles. The molecule has 0 bridgehead atoms. The van der Waals surface area contributed by atoms with Crippen molar-refractivity contribution in [2.75, 3.05) is 5.32 Å². The van der Waals surface area contributed by atoms with Gasteiger partial charge in [-0.1, -0.05) is 34.1 Å². The molecule has 0 amide bonds. The summed E-state index contributed by atoms with van der Waals surface area (Å²) in [6, 6.07) is 13.6. The van der Waals surface area contributed by atoms with Crippen LogP contribution >= 0.6 is 15.9 Å². The summed E-state index contributed by atoms with van der Waals surface area (Å²) in [5.74, 6) is 0.296. The zero-order valence-electron chi connectivity index (χ0n) is 10.4. The van der Waals surface area contributed by atoms with Gasteiger partial charge in [0, 0.05) is 16.2 Å². The van der Waals surface area contributed by atoms with Crippen molar-refractivity contribution in [3.8, 4) is 5.75 Å². The maximum Gasteiger partial charge on any atom is 0.115 e. The van der Waals surface area contributed by atoms with Gasteiger partial charge in [0.15, 0.2) is 0 Å². The van der Waals surface area contributed by atoms with Gasteiger partial charge in [0.1, 0.15) is 5.75 Å². The molecule has 1 atom stereocenters. The van der Waals surface area contributed by atoms with E-state index in [4.69, 9.17) is 0 Å². The number of phenols is 1. The first-order valence-corrected chi connectivity index (χ1v) is 6.68. The van der Waals surface area contributed by atoms with Gasteiger partial charge in [0.05, 0.1) is 0 Å². The Bertz CT molecular complexity index is 537. The predicted octanol–water partition coefficient (Wildman–Crippen LogP) is 4.64. The molecule has 2 rings (SSSR count). The normalized spacial score (nSPS) is 12.2. The molecule has 2 aromatic carbocycles. The minimum Gasteiger partial charge on any atom is -0.508 e. The fourth-order valence-electron chi connectivity index (χ4n) is 1.84. The smallest absolute Gasteiger partial charge is 0.115 e. The highest BCUT2D eigenvalue weighted by atomic mass is 79.9. The Kier molecular flexibility index (Phi) is 3.92. The van der Waals surface area contributed by atoms with Crippen LogP contribution in [0.3, 0.4) is 0 Å². The summed E-state index contributed by atoms with van der Waals surface area (Å²) in [4.78, 5) is 0. The van der Waals surface area contributed by atoms with Gasteiger partial charge in [-0.15, -0.1) is 0 Å². The lowest BCUT2D eigenvalue weighted by molar-refractivity contribution is 0.475. The van der Waals surface area contributed by atoms with Crippen molar-refractivity contribution >= 4 is 21.6 Å². The summed E-state index contributed by atoms with van der Waals surface area (Å²) < 4.78 is 1.10. The van der Waals surface area contributed by atoms with Crippen molar-refractivity contribution in [2.24, 2.45) is 0 Å². The highest BCUT2D eigenvalue weighted by Gasteiger charge is 2.08. The van der Waals surface area contributed by atoms with Crippen molar-refractivity contribution in [1.82, 2.24) is 0 Å². The molecule has 94 valence electrons. The van der Waals surface area contributed by atoms with Crippen LogP contribution in [-0.4, -0.2) is 5.11 Å². The van der Waals surface area contributed by atoms with E-state index in [1.807, 2.05) is 24.3 Å². The van der Waals surface area contributed by atoms with Gasteiger partial charge in [-0.05, 0) is 49.2 Å². The molecular weight excluding hydrogens is 290 g/mol. The van der Waals surface area contributed by atoms with Gasteiger partial charge >= 0.3 is 0 Å². The van der Waals surface area contributed by atoms with E-state index in [1.54, 1.807) is 12.1 Å². The number of rotatable bonds is 3. The van der Waals surface area contributed by atoms with E-state index in [0.717, 1.165) is 15.7 Å². The van der Waals surface area contributed by atoms with Crippen LogP contribution in [0.4, 0.5) is 5.69 Å². The van der Waals surface area contributed by atoms with Crippen LogP contribution in [0, 0.1) is 6.92 Å². The first-order valence-electron chi connectivity index (χ1n) is 5.88. The third-order valence-electron chi connectivity index (χ3n) is 3.03. The Labute approximate surface area is 116 Å². The van der Waals surface area contributed by atoms with Crippen molar-refractivity contribution in [3.05, 3.63) is 58.1 Å². The van der Waals surface area contributed by atoms with E-state index in [9.17, 15) is 5.11 Å². The van der Waals surface area contributed by atoms with Gasteiger partial charge in [0.25, 0.3) is 0 Å². The predicted molar refractivity (Wildman–Crippen MR) is 79.0 cm³/mol. The largest absolute Gasteiger partial charge is 0.508 e. The molecule has 2 aromatic rings. The Hall–Kier alpha value is -1.48. The van der Waals surface area contributed by atoms with Crippen LogP contribution < -0.4 is 5.32 Å². The molecule has 0 aliphatic rings. The number of halogens is 1. The summed E-state index contributed by atoms with van der Waals surface area (Å²) in [6.45, 7) is 4.18. The SMILES string of the molecule is Cc1c(Br)cccc1NC(C)c1ccc(O)cc1. The van der Waals surface area contributed by atoms with Gasteiger partial charge in [-0.2, -0.15) is 0 Å². The second-order valence-corrected chi connectivity index (χ2v) is 5.22. The summed E-state index contributed by atoms with van der Waals surface area (Å²) in [6.07, 6.45) is 0. The first-order chi connectivity index (χ1) is 8.58. The third kappa shape index (κ3) is 2.85. The maximum absolute atomic E-state index is 9.28. The molecule has 0 fully saturated rings. The Morgan fingerprint density at radius 2 is 1.78 bits per heavy atom. The molecular formula is C15H16BrNO. The fourth-order valence-corrected chi connectivity index (χ4v) is 2.21. The molecule has 0 spiro atoms. The van der Waals surface area contributed by atoms with Crippen LogP contribution in [0.25, 0.3) is 0 Å². The van der Waals surface area contributed by atoms with Crippen LogP contribution in [0.15, 0.2) is 46.9 Å². The number of hydrogen-bond donors (Lipinski definition) is 2. The van der Waals surface area contributed by atoms with E-state index in [1.165, 1.54) is 5.56 Å². The quantitative estimate of drug-likeness (QED) is 0.866. The van der Waals surface area contributed by atoms with Gasteiger partial charge in [-0.3, -0.25) is 0 Å². The zero-order chi connectivity index (χ0) is 13.1. The van der Waals surface area contributed by atoms with Gasteiger partial charge in [0.2, 0.25) is 0 Å². The topological polar surface area (TPSA) is 32.3 Å². The number of hydrogen-bond acceptors (Lipinski definition) is 2. The third-order valence-corrected chi connectivity index (χ3v) is 3.89. The van der Waals surface area contributed by atoms with E-state index in [0.29, 0.717) is 5.75 Å². The Balaban J connectivity index is 2.18. The monoisotopic (exact) mass is 305 g/mol. The second-order valence-electron chi connectivity index (χ2n) is 4.37. The average molecular weight is 306 g/mol. The molecule has 2 N–H and O–H groups in total.